The van der Waals surface area contributed by atoms with Crippen LogP contribution in [0.25, 0.3) is 10.2 Å². The standard InChI is InChI=1S/C20H22N2OS2/c1-4-15-9-10-17-18(13-15)25-20(22(17)11-12-24-3)21-19(23)16-8-6-5-7-14(16)2/h5-10,13H,4,11-12H2,1-3H3. The molecule has 0 saturated heterocycles. The number of aryl methyl sites for hydroxylation is 3. The molecule has 130 valence electrons. The van der Waals surface area contributed by atoms with Crippen molar-refractivity contribution >= 4 is 39.2 Å². The van der Waals surface area contributed by atoms with Gasteiger partial charge in [0.15, 0.2) is 4.80 Å². The van der Waals surface area contributed by atoms with Gasteiger partial charge >= 0.3 is 0 Å². The second-order valence-electron chi connectivity index (χ2n) is 5.92. The van der Waals surface area contributed by atoms with E-state index in [0.717, 1.165) is 34.6 Å². The van der Waals surface area contributed by atoms with E-state index in [9.17, 15) is 4.79 Å². The van der Waals surface area contributed by atoms with E-state index in [1.165, 1.54) is 10.3 Å². The molecule has 1 amide bonds. The molecular weight excluding hydrogens is 348 g/mol. The Morgan fingerprint density at radius 2 is 2.04 bits per heavy atom. The molecule has 0 aliphatic carbocycles. The molecule has 0 N–H and O–H groups in total. The van der Waals surface area contributed by atoms with E-state index in [4.69, 9.17) is 0 Å². The van der Waals surface area contributed by atoms with Crippen LogP contribution in [0, 0.1) is 6.92 Å². The van der Waals surface area contributed by atoms with Gasteiger partial charge in [-0.25, -0.2) is 0 Å². The van der Waals surface area contributed by atoms with Gasteiger partial charge in [0.25, 0.3) is 5.91 Å². The predicted octanol–water partition coefficient (Wildman–Crippen LogP) is 4.68. The van der Waals surface area contributed by atoms with Crippen LogP contribution in [0.15, 0.2) is 47.5 Å². The molecule has 25 heavy (non-hydrogen) atoms. The first-order valence-electron chi connectivity index (χ1n) is 8.40. The molecule has 0 fully saturated rings. The Hall–Kier alpha value is -1.85. The van der Waals surface area contributed by atoms with Gasteiger partial charge in [0.05, 0.1) is 10.2 Å². The maximum atomic E-state index is 12.7. The lowest BCUT2D eigenvalue weighted by atomic mass is 10.1. The molecule has 2 aromatic carbocycles. The van der Waals surface area contributed by atoms with E-state index in [1.54, 1.807) is 23.1 Å². The lowest BCUT2D eigenvalue weighted by Gasteiger charge is -2.05. The van der Waals surface area contributed by atoms with Gasteiger partial charge in [-0.05, 0) is 48.9 Å². The van der Waals surface area contributed by atoms with Gasteiger partial charge < -0.3 is 4.57 Å². The van der Waals surface area contributed by atoms with Crippen LogP contribution in [0.3, 0.4) is 0 Å². The van der Waals surface area contributed by atoms with Crippen LogP contribution in [0.2, 0.25) is 0 Å². The summed E-state index contributed by atoms with van der Waals surface area (Å²) in [5, 5.41) is 0. The number of hydrogen-bond donors (Lipinski definition) is 0. The lowest BCUT2D eigenvalue weighted by Crippen LogP contribution is -2.18. The quantitative estimate of drug-likeness (QED) is 0.654. The Bertz CT molecular complexity index is 969. The highest BCUT2D eigenvalue weighted by Gasteiger charge is 2.11. The normalized spacial score (nSPS) is 12.0. The Kier molecular flexibility index (Phi) is 5.76. The van der Waals surface area contributed by atoms with Gasteiger partial charge in [-0.3, -0.25) is 4.79 Å². The highest BCUT2D eigenvalue weighted by molar-refractivity contribution is 7.98. The summed E-state index contributed by atoms with van der Waals surface area (Å²) in [5.74, 6) is 0.825. The van der Waals surface area contributed by atoms with E-state index in [-0.39, 0.29) is 5.91 Å². The summed E-state index contributed by atoms with van der Waals surface area (Å²) in [7, 11) is 0. The molecule has 5 heteroatoms. The third kappa shape index (κ3) is 3.88. The Morgan fingerprint density at radius 1 is 1.24 bits per heavy atom. The average molecular weight is 371 g/mol. The number of carbonyl (C=O) groups excluding carboxylic acids is 1. The highest BCUT2D eigenvalue weighted by atomic mass is 32.2. The van der Waals surface area contributed by atoms with Crippen molar-refractivity contribution in [1.82, 2.24) is 4.57 Å². The van der Waals surface area contributed by atoms with Gasteiger partial charge in [0.1, 0.15) is 0 Å². The summed E-state index contributed by atoms with van der Waals surface area (Å²) in [6.45, 7) is 4.96. The van der Waals surface area contributed by atoms with Crippen molar-refractivity contribution in [2.45, 2.75) is 26.8 Å². The van der Waals surface area contributed by atoms with Crippen molar-refractivity contribution < 1.29 is 4.79 Å². The van der Waals surface area contributed by atoms with Gasteiger partial charge in [0, 0.05) is 17.9 Å². The molecule has 0 radical (unpaired) electrons. The minimum Gasteiger partial charge on any atom is -0.316 e. The number of benzene rings is 2. The summed E-state index contributed by atoms with van der Waals surface area (Å²) < 4.78 is 3.36. The number of aromatic nitrogens is 1. The lowest BCUT2D eigenvalue weighted by molar-refractivity contribution is 0.0997. The van der Waals surface area contributed by atoms with E-state index in [0.29, 0.717) is 5.56 Å². The van der Waals surface area contributed by atoms with Gasteiger partial charge in [-0.1, -0.05) is 42.5 Å². The van der Waals surface area contributed by atoms with Crippen molar-refractivity contribution in [2.75, 3.05) is 12.0 Å². The van der Waals surface area contributed by atoms with Crippen LogP contribution in [0.4, 0.5) is 0 Å². The number of nitrogens with zero attached hydrogens (tertiary/aromatic N) is 2. The molecule has 0 aliphatic rings. The fourth-order valence-electron chi connectivity index (χ4n) is 2.78. The second kappa shape index (κ2) is 8.02. The number of hydrogen-bond acceptors (Lipinski definition) is 3. The van der Waals surface area contributed by atoms with Gasteiger partial charge in [-0.2, -0.15) is 16.8 Å². The van der Waals surface area contributed by atoms with Gasteiger partial charge in [-0.15, -0.1) is 0 Å². The van der Waals surface area contributed by atoms with Gasteiger partial charge in [0.2, 0.25) is 0 Å². The number of fused-ring (bicyclic) bond motifs is 1. The minimum atomic E-state index is -0.168. The molecule has 0 atom stereocenters. The first-order valence-corrected chi connectivity index (χ1v) is 10.6. The van der Waals surface area contributed by atoms with Crippen LogP contribution >= 0.6 is 23.1 Å². The fourth-order valence-corrected chi connectivity index (χ4v) is 4.26. The molecule has 3 nitrogen and oxygen atoms in total. The number of thioether (sulfide) groups is 1. The summed E-state index contributed by atoms with van der Waals surface area (Å²) in [4.78, 5) is 17.9. The molecule has 3 aromatic rings. The summed E-state index contributed by atoms with van der Waals surface area (Å²) in [6, 6.07) is 14.2. The topological polar surface area (TPSA) is 34.4 Å². The first-order chi connectivity index (χ1) is 12.1. The minimum absolute atomic E-state index is 0.168. The van der Waals surface area contributed by atoms with Crippen LogP contribution in [0.1, 0.15) is 28.4 Å². The Labute approximate surface area is 156 Å². The van der Waals surface area contributed by atoms with Crippen LogP contribution in [-0.4, -0.2) is 22.5 Å². The van der Waals surface area contributed by atoms with Crippen molar-refractivity contribution in [3.05, 3.63) is 64.0 Å². The maximum absolute atomic E-state index is 12.7. The van der Waals surface area contributed by atoms with Crippen LogP contribution < -0.4 is 4.80 Å². The van der Waals surface area contributed by atoms with Crippen molar-refractivity contribution in [3.8, 4) is 0 Å². The summed E-state index contributed by atoms with van der Waals surface area (Å²) in [5.41, 5.74) is 4.10. The molecule has 1 aromatic heterocycles. The van der Waals surface area contributed by atoms with Crippen molar-refractivity contribution in [3.63, 3.8) is 0 Å². The average Bonchev–Trinajstić information content (AvgIpc) is 2.96. The zero-order valence-electron chi connectivity index (χ0n) is 14.8. The van der Waals surface area contributed by atoms with Crippen molar-refractivity contribution in [2.24, 2.45) is 4.99 Å². The van der Waals surface area contributed by atoms with Crippen LogP contribution in [-0.2, 0) is 13.0 Å². The first kappa shape index (κ1) is 18.0. The Morgan fingerprint density at radius 3 is 2.76 bits per heavy atom. The largest absolute Gasteiger partial charge is 0.316 e. The van der Waals surface area contributed by atoms with E-state index < -0.39 is 0 Å². The second-order valence-corrected chi connectivity index (χ2v) is 7.91. The maximum Gasteiger partial charge on any atom is 0.279 e. The molecule has 0 spiro atoms. The van der Waals surface area contributed by atoms with E-state index in [2.05, 4.69) is 40.9 Å². The van der Waals surface area contributed by atoms with Crippen molar-refractivity contribution in [1.29, 1.82) is 0 Å². The predicted molar refractivity (Wildman–Crippen MR) is 109 cm³/mol. The monoisotopic (exact) mass is 370 g/mol. The zero-order valence-corrected chi connectivity index (χ0v) is 16.4. The fraction of sp³-hybridized carbons (Fsp3) is 0.300. The smallest absolute Gasteiger partial charge is 0.279 e. The molecule has 0 aliphatic heterocycles. The van der Waals surface area contributed by atoms with E-state index >= 15 is 0 Å². The molecular formula is C20H22N2OS2. The third-order valence-electron chi connectivity index (χ3n) is 4.25. The summed E-state index contributed by atoms with van der Waals surface area (Å²) in [6.07, 6.45) is 3.10. The van der Waals surface area contributed by atoms with Crippen LogP contribution in [0.5, 0.6) is 0 Å². The SMILES string of the molecule is CCc1ccc2c(c1)sc(=NC(=O)c1ccccc1C)n2CCSC. The van der Waals surface area contributed by atoms with E-state index in [1.807, 2.05) is 31.2 Å². The zero-order chi connectivity index (χ0) is 17.8. The number of thiazole rings is 1. The number of rotatable bonds is 5. The number of amides is 1. The molecule has 1 heterocycles. The molecule has 3 rings (SSSR count). The highest BCUT2D eigenvalue weighted by Crippen LogP contribution is 2.20. The third-order valence-corrected chi connectivity index (χ3v) is 5.88. The summed E-state index contributed by atoms with van der Waals surface area (Å²) >= 11 is 3.40. The molecule has 0 unspecified atom stereocenters. The molecule has 0 saturated carbocycles. The Balaban J connectivity index is 2.13. The number of carbonyl (C=O) groups is 1. The molecule has 0 bridgehead atoms.